The number of non-ortho nitro benzene ring substituents is 1. The summed E-state index contributed by atoms with van der Waals surface area (Å²) in [6.07, 6.45) is 0.549. The van der Waals surface area contributed by atoms with E-state index >= 15 is 0 Å². The van der Waals surface area contributed by atoms with Crippen LogP contribution in [0.1, 0.15) is 19.8 Å². The second-order valence-electron chi connectivity index (χ2n) is 6.37. The molecule has 0 aliphatic heterocycles. The quantitative estimate of drug-likeness (QED) is 0.277. The summed E-state index contributed by atoms with van der Waals surface area (Å²) in [6.45, 7) is 3.12. The first-order chi connectivity index (χ1) is 14.8. The minimum absolute atomic E-state index is 0.0677. The van der Waals surface area contributed by atoms with Gasteiger partial charge in [0.05, 0.1) is 29.9 Å². The number of ether oxygens (including phenoxy) is 2. The highest BCUT2D eigenvalue weighted by Crippen LogP contribution is 2.41. The van der Waals surface area contributed by atoms with Crippen molar-refractivity contribution in [3.8, 4) is 11.5 Å². The third-order valence-electron chi connectivity index (χ3n) is 4.43. The molecule has 2 aromatic carbocycles. The molecule has 10 nitrogen and oxygen atoms in total. The first-order valence-corrected chi connectivity index (χ1v) is 9.76. The Morgan fingerprint density at radius 3 is 2.39 bits per heavy atom. The molecule has 0 amide bonds. The molecule has 31 heavy (non-hydrogen) atoms. The van der Waals surface area contributed by atoms with Crippen molar-refractivity contribution in [3.63, 3.8) is 0 Å². The van der Waals surface area contributed by atoms with Crippen LogP contribution in [-0.4, -0.2) is 43.3 Å². The first-order valence-electron chi connectivity index (χ1n) is 9.39. The Kier molecular flexibility index (Phi) is 8.56. The van der Waals surface area contributed by atoms with Crippen molar-refractivity contribution in [1.82, 2.24) is 0 Å². The van der Waals surface area contributed by atoms with Crippen molar-refractivity contribution in [2.75, 3.05) is 32.2 Å². The van der Waals surface area contributed by atoms with Gasteiger partial charge in [-0.15, -0.1) is 10.2 Å². The fraction of sp³-hybridized carbons (Fsp3) is 0.350. The van der Waals surface area contributed by atoms with Crippen molar-refractivity contribution in [3.05, 3.63) is 45.5 Å². The number of azo groups is 1. The van der Waals surface area contributed by atoms with Crippen LogP contribution in [0.3, 0.4) is 0 Å². The Balaban J connectivity index is 2.35. The van der Waals surface area contributed by atoms with Crippen LogP contribution in [0.25, 0.3) is 0 Å². The van der Waals surface area contributed by atoms with Gasteiger partial charge in [0.1, 0.15) is 22.9 Å². The summed E-state index contributed by atoms with van der Waals surface area (Å²) >= 11 is 6.07. The highest BCUT2D eigenvalue weighted by atomic mass is 35.5. The van der Waals surface area contributed by atoms with E-state index in [1.807, 2.05) is 11.8 Å². The Morgan fingerprint density at radius 1 is 1.16 bits per heavy atom. The third kappa shape index (κ3) is 6.29. The number of halogens is 1. The maximum absolute atomic E-state index is 10.8. The Bertz CT molecular complexity index is 982. The smallest absolute Gasteiger partial charge is 0.303 e. The summed E-state index contributed by atoms with van der Waals surface area (Å²) in [5.41, 5.74) is 1.23. The standard InChI is InChI=1S/C20H23ClN4O6/c1-4-24(9-5-6-20(26)27)17-12-18(30-2)16(11-19(17)31-3)23-22-15-8-7-13(25(28)29)10-14(15)21/h7-8,10-12H,4-6,9H2,1-3H3,(H,26,27). The number of nitrogens with zero attached hydrogens (tertiary/aromatic N) is 4. The molecule has 0 spiro atoms. The molecule has 0 aromatic heterocycles. The zero-order valence-corrected chi connectivity index (χ0v) is 18.1. The van der Waals surface area contributed by atoms with Crippen LogP contribution in [0.4, 0.5) is 22.7 Å². The number of methoxy groups -OCH3 is 2. The molecule has 0 aliphatic rings. The highest BCUT2D eigenvalue weighted by Gasteiger charge is 2.17. The molecule has 0 atom stereocenters. The van der Waals surface area contributed by atoms with E-state index in [-0.39, 0.29) is 22.8 Å². The van der Waals surface area contributed by atoms with E-state index in [2.05, 4.69) is 10.2 Å². The Hall–Kier alpha value is -3.40. The predicted octanol–water partition coefficient (Wildman–Crippen LogP) is 5.37. The molecular weight excluding hydrogens is 428 g/mol. The molecule has 0 aliphatic carbocycles. The number of aliphatic carboxylic acids is 1. The summed E-state index contributed by atoms with van der Waals surface area (Å²) in [7, 11) is 3.01. The molecule has 0 radical (unpaired) electrons. The molecular formula is C20H23ClN4O6. The summed E-state index contributed by atoms with van der Waals surface area (Å²) < 4.78 is 10.9. The average molecular weight is 451 g/mol. The van der Waals surface area contributed by atoms with Crippen LogP contribution in [0.2, 0.25) is 5.02 Å². The van der Waals surface area contributed by atoms with Gasteiger partial charge in [-0.25, -0.2) is 0 Å². The number of benzene rings is 2. The number of hydrogen-bond donors (Lipinski definition) is 1. The molecule has 0 heterocycles. The van der Waals surface area contributed by atoms with E-state index < -0.39 is 10.9 Å². The maximum Gasteiger partial charge on any atom is 0.303 e. The van der Waals surface area contributed by atoms with Crippen molar-refractivity contribution in [2.24, 2.45) is 10.2 Å². The van der Waals surface area contributed by atoms with E-state index in [1.54, 1.807) is 12.1 Å². The van der Waals surface area contributed by atoms with Gasteiger partial charge >= 0.3 is 5.97 Å². The van der Waals surface area contributed by atoms with Gasteiger partial charge in [-0.3, -0.25) is 14.9 Å². The maximum atomic E-state index is 10.8. The second-order valence-corrected chi connectivity index (χ2v) is 6.77. The van der Waals surface area contributed by atoms with Gasteiger partial charge in [-0.05, 0) is 19.4 Å². The first kappa shape index (κ1) is 23.9. The topological polar surface area (TPSA) is 127 Å². The predicted molar refractivity (Wildman–Crippen MR) is 117 cm³/mol. The van der Waals surface area contributed by atoms with Crippen molar-refractivity contribution in [2.45, 2.75) is 19.8 Å². The molecule has 2 aromatic rings. The van der Waals surface area contributed by atoms with Gasteiger partial charge in [-0.2, -0.15) is 0 Å². The van der Waals surface area contributed by atoms with Crippen LogP contribution >= 0.6 is 11.6 Å². The van der Waals surface area contributed by atoms with Gasteiger partial charge < -0.3 is 19.5 Å². The Morgan fingerprint density at radius 2 is 1.84 bits per heavy atom. The number of nitro groups is 1. The van der Waals surface area contributed by atoms with Gasteiger partial charge in [0.15, 0.2) is 0 Å². The van der Waals surface area contributed by atoms with Crippen molar-refractivity contribution >= 4 is 40.3 Å². The lowest BCUT2D eigenvalue weighted by Gasteiger charge is -2.25. The number of carboxylic acids is 1. The summed E-state index contributed by atoms with van der Waals surface area (Å²) in [4.78, 5) is 23.1. The van der Waals surface area contributed by atoms with E-state index in [4.69, 9.17) is 26.2 Å². The molecule has 1 N–H and O–H groups in total. The molecule has 11 heteroatoms. The lowest BCUT2D eigenvalue weighted by Crippen LogP contribution is -2.25. The SMILES string of the molecule is CCN(CCCC(=O)O)c1cc(OC)c(N=Nc2ccc([N+](=O)[O-])cc2Cl)cc1OC. The minimum Gasteiger partial charge on any atom is -0.494 e. The largest absolute Gasteiger partial charge is 0.494 e. The van der Waals surface area contributed by atoms with Crippen molar-refractivity contribution < 1.29 is 24.3 Å². The summed E-state index contributed by atoms with van der Waals surface area (Å²) in [5.74, 6) is 0.0947. The normalized spacial score (nSPS) is 10.8. The van der Waals surface area contributed by atoms with Crippen molar-refractivity contribution in [1.29, 1.82) is 0 Å². The number of hydrogen-bond acceptors (Lipinski definition) is 8. The summed E-state index contributed by atoms with van der Waals surface area (Å²) in [5, 5.41) is 28.1. The van der Waals surface area contributed by atoms with Gasteiger partial charge in [0.2, 0.25) is 0 Å². The molecule has 0 saturated heterocycles. The molecule has 166 valence electrons. The zero-order valence-electron chi connectivity index (χ0n) is 17.4. The fourth-order valence-corrected chi connectivity index (χ4v) is 3.07. The van der Waals surface area contributed by atoms with Crippen LogP contribution in [0.5, 0.6) is 11.5 Å². The van der Waals surface area contributed by atoms with E-state index in [1.165, 1.54) is 32.4 Å². The number of carbonyl (C=O) groups is 1. The number of nitro benzene ring substituents is 1. The minimum atomic E-state index is -0.846. The highest BCUT2D eigenvalue weighted by molar-refractivity contribution is 6.33. The zero-order chi connectivity index (χ0) is 23.0. The van der Waals surface area contributed by atoms with Crippen LogP contribution < -0.4 is 14.4 Å². The molecule has 0 unspecified atom stereocenters. The number of rotatable bonds is 11. The van der Waals surface area contributed by atoms with E-state index in [9.17, 15) is 14.9 Å². The number of carboxylic acid groups (broad SMARTS) is 1. The summed E-state index contributed by atoms with van der Waals surface area (Å²) in [6, 6.07) is 7.29. The fourth-order valence-electron chi connectivity index (χ4n) is 2.86. The van der Waals surface area contributed by atoms with E-state index in [0.717, 1.165) is 5.69 Å². The number of anilines is 1. The average Bonchev–Trinajstić information content (AvgIpc) is 2.75. The van der Waals surface area contributed by atoms with Gasteiger partial charge in [0.25, 0.3) is 5.69 Å². The third-order valence-corrected chi connectivity index (χ3v) is 4.73. The molecule has 2 rings (SSSR count). The van der Waals surface area contributed by atoms with Crippen LogP contribution in [0.15, 0.2) is 40.6 Å². The second kappa shape index (κ2) is 11.1. The lowest BCUT2D eigenvalue weighted by atomic mass is 10.2. The monoisotopic (exact) mass is 450 g/mol. The van der Waals surface area contributed by atoms with Gasteiger partial charge in [-0.1, -0.05) is 11.6 Å². The Labute approximate surface area is 184 Å². The molecule has 0 fully saturated rings. The lowest BCUT2D eigenvalue weighted by molar-refractivity contribution is -0.384. The van der Waals surface area contributed by atoms with Gasteiger partial charge in [0, 0.05) is 43.8 Å². The van der Waals surface area contributed by atoms with Crippen LogP contribution in [-0.2, 0) is 4.79 Å². The molecule has 0 saturated carbocycles. The van der Waals surface area contributed by atoms with E-state index in [0.29, 0.717) is 36.7 Å². The van der Waals surface area contributed by atoms with Crippen LogP contribution in [0, 0.1) is 10.1 Å². The molecule has 0 bridgehead atoms.